The molecular weight excluding hydrogens is 700 g/mol. The fourth-order valence-electron chi connectivity index (χ4n) is 7.79. The summed E-state index contributed by atoms with van der Waals surface area (Å²) in [6.07, 6.45) is 1.26. The van der Waals surface area contributed by atoms with E-state index in [9.17, 15) is 14.4 Å². The van der Waals surface area contributed by atoms with Crippen LogP contribution in [0.25, 0.3) is 17.1 Å². The van der Waals surface area contributed by atoms with Gasteiger partial charge >= 0.3 is 5.69 Å². The number of amides is 2. The lowest BCUT2D eigenvalue weighted by atomic mass is 9.73. The number of aryl methyl sites for hydroxylation is 1. The predicted molar refractivity (Wildman–Crippen MR) is 191 cm³/mol. The monoisotopic (exact) mass is 736 g/mol. The van der Waals surface area contributed by atoms with E-state index in [2.05, 4.69) is 48.3 Å². The van der Waals surface area contributed by atoms with Gasteiger partial charge in [-0.15, -0.1) is 10.2 Å². The van der Waals surface area contributed by atoms with Crippen molar-refractivity contribution in [2.24, 2.45) is 5.41 Å². The first-order valence-electron chi connectivity index (χ1n) is 16.7. The molecule has 1 spiro atoms. The van der Waals surface area contributed by atoms with Crippen LogP contribution in [0, 0.1) is 12.3 Å². The quantitative estimate of drug-likeness (QED) is 0.260. The number of benzene rings is 3. The van der Waals surface area contributed by atoms with Crippen LogP contribution in [0.1, 0.15) is 44.6 Å². The number of nitrogens with one attached hydrogen (secondary N) is 1. The Labute approximate surface area is 297 Å². The maximum Gasteiger partial charge on any atom is 0.333 e. The fraction of sp³-hybridized carbons (Fsp3) is 0.324. The highest BCUT2D eigenvalue weighted by atomic mass is 79.9. The minimum Gasteiger partial charge on any atom is -0.423 e. The first-order chi connectivity index (χ1) is 24.1. The predicted octanol–water partition coefficient (Wildman–Crippen LogP) is 4.49. The molecule has 3 aromatic carbocycles. The molecule has 0 radical (unpaired) electrons. The molecule has 3 aliphatic heterocycles. The van der Waals surface area contributed by atoms with Crippen molar-refractivity contribution in [1.29, 1.82) is 0 Å². The van der Waals surface area contributed by atoms with Gasteiger partial charge in [0.05, 0.1) is 17.9 Å². The summed E-state index contributed by atoms with van der Waals surface area (Å²) >= 11 is 3.52. The Bertz CT molecular complexity index is 2160. The lowest BCUT2D eigenvalue weighted by molar-refractivity contribution is -0.00238. The van der Waals surface area contributed by atoms with Crippen molar-refractivity contribution in [1.82, 2.24) is 34.4 Å². The van der Waals surface area contributed by atoms with Crippen molar-refractivity contribution in [3.8, 4) is 17.1 Å². The van der Waals surface area contributed by atoms with Crippen molar-refractivity contribution < 1.29 is 14.0 Å². The Morgan fingerprint density at radius 3 is 2.46 bits per heavy atom. The molecular formula is C37H37BrN8O4. The third kappa shape index (κ3) is 5.54. The smallest absolute Gasteiger partial charge is 0.333 e. The van der Waals surface area contributed by atoms with E-state index < -0.39 is 5.91 Å². The van der Waals surface area contributed by atoms with E-state index in [1.165, 1.54) is 11.0 Å². The van der Waals surface area contributed by atoms with Crippen LogP contribution in [0.3, 0.4) is 0 Å². The van der Waals surface area contributed by atoms with Gasteiger partial charge in [0.1, 0.15) is 5.69 Å². The first kappa shape index (κ1) is 32.2. The van der Waals surface area contributed by atoms with Gasteiger partial charge in [-0.2, -0.15) is 0 Å². The van der Waals surface area contributed by atoms with Crippen LogP contribution in [-0.4, -0.2) is 80.2 Å². The molecule has 0 aliphatic carbocycles. The summed E-state index contributed by atoms with van der Waals surface area (Å²) in [5.74, 6) is -0.244. The normalized spacial score (nSPS) is 18.0. The van der Waals surface area contributed by atoms with Crippen molar-refractivity contribution in [3.63, 3.8) is 0 Å². The average Bonchev–Trinajstić information content (AvgIpc) is 3.72. The van der Waals surface area contributed by atoms with E-state index in [0.29, 0.717) is 33.8 Å². The lowest BCUT2D eigenvalue weighted by Gasteiger charge is -2.60. The van der Waals surface area contributed by atoms with Crippen molar-refractivity contribution in [2.45, 2.75) is 39.5 Å². The molecule has 0 unspecified atom stereocenters. The molecule has 256 valence electrons. The van der Waals surface area contributed by atoms with E-state index in [0.717, 1.165) is 47.5 Å². The van der Waals surface area contributed by atoms with Crippen LogP contribution >= 0.6 is 15.9 Å². The van der Waals surface area contributed by atoms with Gasteiger partial charge in [-0.1, -0.05) is 34.1 Å². The number of carbonyl (C=O) groups is 2. The molecule has 5 aromatic rings. The summed E-state index contributed by atoms with van der Waals surface area (Å²) in [6, 6.07) is 20.5. The molecule has 3 aliphatic rings. The molecule has 2 aromatic heterocycles. The molecule has 12 nitrogen and oxygen atoms in total. The van der Waals surface area contributed by atoms with Gasteiger partial charge in [0.15, 0.2) is 0 Å². The average molecular weight is 738 g/mol. The number of nitrogens with zero attached hydrogens (tertiary/aromatic N) is 7. The molecule has 0 bridgehead atoms. The maximum atomic E-state index is 14.3. The molecule has 1 N–H and O–H groups in total. The van der Waals surface area contributed by atoms with E-state index in [-0.39, 0.29) is 43.0 Å². The molecule has 1 atom stereocenters. The number of rotatable bonds is 7. The standard InChI is InChI=1S/C37H37BrN8O4/c1-23-14-25(8-13-30(23)38)35(48)44-17-31-32(33(47)39-15-26-6-4-5-7-29(26)34-41-40-22-50-34)46(36(49)45(31)16-24(44)2)28-11-9-27(10-12-28)43-20-37(21-43)18-42(3)19-37/h4-14,22,24H,15-21H2,1-3H3,(H,39,47)/t24-/m0/s1. The summed E-state index contributed by atoms with van der Waals surface area (Å²) in [6.45, 7) is 8.62. The second-order valence-corrected chi connectivity index (χ2v) is 14.8. The lowest BCUT2D eigenvalue weighted by Crippen LogP contribution is -2.71. The van der Waals surface area contributed by atoms with Crippen LogP contribution < -0.4 is 15.9 Å². The molecule has 2 fully saturated rings. The topological polar surface area (TPSA) is 122 Å². The second kappa shape index (κ2) is 12.4. The molecule has 0 saturated carbocycles. The third-order valence-electron chi connectivity index (χ3n) is 10.2. The van der Waals surface area contributed by atoms with Crippen LogP contribution in [0.4, 0.5) is 5.69 Å². The molecule has 8 rings (SSSR count). The number of hydrogen-bond donors (Lipinski definition) is 1. The molecule has 5 heterocycles. The number of fused-ring (bicyclic) bond motifs is 1. The zero-order valence-electron chi connectivity index (χ0n) is 28.1. The highest BCUT2D eigenvalue weighted by Gasteiger charge is 2.50. The zero-order valence-corrected chi connectivity index (χ0v) is 29.7. The number of halogens is 1. The maximum absolute atomic E-state index is 14.3. The Balaban J connectivity index is 1.14. The number of hydrogen-bond acceptors (Lipinski definition) is 8. The SMILES string of the molecule is Cc1cc(C(=O)N2Cc3c(C(=O)NCc4ccccc4-c4nnco4)n(-c4ccc(N5CC6(CN(C)C6)C5)cc4)c(=O)n3C[C@@H]2C)ccc1Br. The van der Waals surface area contributed by atoms with E-state index in [1.807, 2.05) is 74.5 Å². The fourth-order valence-corrected chi connectivity index (χ4v) is 8.04. The van der Waals surface area contributed by atoms with E-state index in [1.54, 1.807) is 15.5 Å². The largest absolute Gasteiger partial charge is 0.423 e. The highest BCUT2D eigenvalue weighted by Crippen LogP contribution is 2.41. The summed E-state index contributed by atoms with van der Waals surface area (Å²) in [5, 5.41) is 10.9. The van der Waals surface area contributed by atoms with Crippen LogP contribution in [0.5, 0.6) is 0 Å². The number of carbonyl (C=O) groups excluding carboxylic acids is 2. The summed E-state index contributed by atoms with van der Waals surface area (Å²) < 4.78 is 9.48. The van der Waals surface area contributed by atoms with Crippen LogP contribution in [-0.2, 0) is 19.6 Å². The molecule has 2 amide bonds. The van der Waals surface area contributed by atoms with Gasteiger partial charge in [-0.25, -0.2) is 4.79 Å². The van der Waals surface area contributed by atoms with E-state index in [4.69, 9.17) is 4.42 Å². The Morgan fingerprint density at radius 1 is 1.02 bits per heavy atom. The van der Waals surface area contributed by atoms with E-state index >= 15 is 0 Å². The van der Waals surface area contributed by atoms with Crippen molar-refractivity contribution in [3.05, 3.63) is 116 Å². The molecule has 2 saturated heterocycles. The van der Waals surface area contributed by atoms with Crippen molar-refractivity contribution >= 4 is 33.4 Å². The first-order valence-corrected chi connectivity index (χ1v) is 17.5. The number of likely N-dealkylation sites (tertiary alicyclic amines) is 1. The Hall–Kier alpha value is -5.01. The highest BCUT2D eigenvalue weighted by molar-refractivity contribution is 9.10. The van der Waals surface area contributed by atoms with Gasteiger partial charge in [0, 0.05) is 72.0 Å². The Morgan fingerprint density at radius 2 is 1.76 bits per heavy atom. The Kier molecular flexibility index (Phi) is 7.98. The zero-order chi connectivity index (χ0) is 34.7. The van der Waals surface area contributed by atoms with Gasteiger partial charge in [-0.3, -0.25) is 18.7 Å². The minimum atomic E-state index is -0.430. The third-order valence-corrected chi connectivity index (χ3v) is 11.1. The van der Waals surface area contributed by atoms with Gasteiger partial charge < -0.3 is 24.4 Å². The minimum absolute atomic E-state index is 0.0983. The van der Waals surface area contributed by atoms with Crippen LogP contribution in [0.2, 0.25) is 0 Å². The van der Waals surface area contributed by atoms with Gasteiger partial charge in [0.25, 0.3) is 11.8 Å². The summed E-state index contributed by atoms with van der Waals surface area (Å²) in [5.41, 5.74) is 5.41. The number of anilines is 1. The van der Waals surface area contributed by atoms with Gasteiger partial charge in [0.2, 0.25) is 12.3 Å². The van der Waals surface area contributed by atoms with Crippen LogP contribution in [0.15, 0.2) is 86.8 Å². The second-order valence-electron chi connectivity index (χ2n) is 13.9. The van der Waals surface area contributed by atoms with Crippen molar-refractivity contribution in [2.75, 3.05) is 38.1 Å². The van der Waals surface area contributed by atoms with Gasteiger partial charge in [-0.05, 0) is 80.6 Å². The summed E-state index contributed by atoms with van der Waals surface area (Å²) in [4.78, 5) is 48.9. The summed E-state index contributed by atoms with van der Waals surface area (Å²) in [7, 11) is 2.15. The number of aromatic nitrogens is 4. The molecule has 13 heteroatoms. The molecule has 50 heavy (non-hydrogen) atoms. The number of imidazole rings is 1.